The second-order valence-corrected chi connectivity index (χ2v) is 6.93. The number of likely N-dealkylation sites (tertiary alicyclic amines) is 1. The lowest BCUT2D eigenvalue weighted by molar-refractivity contribution is 0.0940. The second-order valence-electron chi connectivity index (χ2n) is 6.93. The molecule has 0 aliphatic carbocycles. The van der Waals surface area contributed by atoms with Gasteiger partial charge >= 0.3 is 0 Å². The first-order chi connectivity index (χ1) is 13.3. The summed E-state index contributed by atoms with van der Waals surface area (Å²) in [6.07, 6.45) is 8.75. The van der Waals surface area contributed by atoms with Gasteiger partial charge in [-0.15, -0.1) is 0 Å². The normalized spacial score (nSPS) is 18.1. The number of nitrogens with zero attached hydrogens (tertiary/aromatic N) is 6. The van der Waals surface area contributed by atoms with E-state index in [1.165, 1.54) is 12.8 Å². The Morgan fingerprint density at radius 2 is 2.07 bits per heavy atom. The number of aromatic nitrogens is 5. The van der Waals surface area contributed by atoms with Crippen molar-refractivity contribution in [1.29, 1.82) is 0 Å². The van der Waals surface area contributed by atoms with Gasteiger partial charge in [-0.2, -0.15) is 5.10 Å². The summed E-state index contributed by atoms with van der Waals surface area (Å²) >= 11 is 0. The fourth-order valence-corrected chi connectivity index (χ4v) is 3.67. The van der Waals surface area contributed by atoms with E-state index in [0.717, 1.165) is 48.5 Å². The van der Waals surface area contributed by atoms with Gasteiger partial charge in [-0.25, -0.2) is 9.97 Å². The van der Waals surface area contributed by atoms with E-state index in [1.807, 2.05) is 19.2 Å². The van der Waals surface area contributed by atoms with Crippen molar-refractivity contribution in [2.75, 3.05) is 31.6 Å². The Morgan fingerprint density at radius 3 is 2.89 bits per heavy atom. The van der Waals surface area contributed by atoms with Crippen LogP contribution in [0.4, 0.5) is 5.82 Å². The molecule has 0 amide bonds. The molecule has 0 bridgehead atoms. The SMILES string of the molecule is Cn1ncc2c(NCCN3CCCC[C@H]3CO)nc(-c3ccncc3)nc21. The predicted octanol–water partition coefficient (Wildman–Crippen LogP) is 1.68. The minimum Gasteiger partial charge on any atom is -0.395 e. The number of aryl methyl sites for hydroxylation is 1. The van der Waals surface area contributed by atoms with Gasteiger partial charge in [0.15, 0.2) is 11.5 Å². The highest BCUT2D eigenvalue weighted by atomic mass is 16.3. The van der Waals surface area contributed by atoms with Crippen LogP contribution >= 0.6 is 0 Å². The highest BCUT2D eigenvalue weighted by Crippen LogP contribution is 2.24. The molecule has 3 aromatic heterocycles. The van der Waals surface area contributed by atoms with Crippen molar-refractivity contribution in [3.63, 3.8) is 0 Å². The van der Waals surface area contributed by atoms with E-state index >= 15 is 0 Å². The lowest BCUT2D eigenvalue weighted by Crippen LogP contribution is -2.44. The Kier molecular flexibility index (Phi) is 5.26. The molecule has 1 saturated heterocycles. The molecule has 0 saturated carbocycles. The molecule has 27 heavy (non-hydrogen) atoms. The fraction of sp³-hybridized carbons (Fsp3) is 0.474. The molecule has 8 nitrogen and oxygen atoms in total. The van der Waals surface area contributed by atoms with Gasteiger partial charge in [0.25, 0.3) is 0 Å². The molecular formula is C19H25N7O. The van der Waals surface area contributed by atoms with E-state index in [0.29, 0.717) is 5.82 Å². The van der Waals surface area contributed by atoms with Crippen molar-refractivity contribution < 1.29 is 5.11 Å². The third-order valence-corrected chi connectivity index (χ3v) is 5.18. The zero-order chi connectivity index (χ0) is 18.6. The molecule has 1 fully saturated rings. The minimum atomic E-state index is 0.229. The van der Waals surface area contributed by atoms with Gasteiger partial charge in [0, 0.05) is 44.1 Å². The largest absolute Gasteiger partial charge is 0.395 e. The maximum absolute atomic E-state index is 9.59. The monoisotopic (exact) mass is 367 g/mol. The fourth-order valence-electron chi connectivity index (χ4n) is 3.67. The molecule has 1 atom stereocenters. The van der Waals surface area contributed by atoms with Crippen LogP contribution in [0.25, 0.3) is 22.4 Å². The van der Waals surface area contributed by atoms with Crippen molar-refractivity contribution in [2.24, 2.45) is 7.05 Å². The maximum Gasteiger partial charge on any atom is 0.164 e. The van der Waals surface area contributed by atoms with Crippen LogP contribution in [0.2, 0.25) is 0 Å². The highest BCUT2D eigenvalue weighted by molar-refractivity contribution is 5.88. The molecule has 4 rings (SSSR count). The number of fused-ring (bicyclic) bond motifs is 1. The summed E-state index contributed by atoms with van der Waals surface area (Å²) in [6.45, 7) is 2.91. The van der Waals surface area contributed by atoms with Crippen LogP contribution in [0.5, 0.6) is 0 Å². The van der Waals surface area contributed by atoms with E-state index in [1.54, 1.807) is 23.3 Å². The molecule has 8 heteroatoms. The van der Waals surface area contributed by atoms with E-state index < -0.39 is 0 Å². The second kappa shape index (κ2) is 7.98. The van der Waals surface area contributed by atoms with E-state index in [9.17, 15) is 5.11 Å². The van der Waals surface area contributed by atoms with Gasteiger partial charge in [-0.05, 0) is 31.5 Å². The molecular weight excluding hydrogens is 342 g/mol. The van der Waals surface area contributed by atoms with E-state index in [2.05, 4.69) is 25.3 Å². The van der Waals surface area contributed by atoms with E-state index in [-0.39, 0.29) is 12.6 Å². The average molecular weight is 367 g/mol. The van der Waals surface area contributed by atoms with Crippen LogP contribution in [-0.2, 0) is 7.05 Å². The quantitative estimate of drug-likeness (QED) is 0.685. The van der Waals surface area contributed by atoms with Crippen LogP contribution < -0.4 is 5.32 Å². The molecule has 142 valence electrons. The number of aliphatic hydroxyl groups is 1. The Balaban J connectivity index is 1.55. The van der Waals surface area contributed by atoms with Gasteiger partial charge in [0.2, 0.25) is 0 Å². The predicted molar refractivity (Wildman–Crippen MR) is 104 cm³/mol. The number of aliphatic hydroxyl groups excluding tert-OH is 1. The van der Waals surface area contributed by atoms with Gasteiger partial charge in [-0.1, -0.05) is 6.42 Å². The number of anilines is 1. The molecule has 0 unspecified atom stereocenters. The van der Waals surface area contributed by atoms with Crippen molar-refractivity contribution in [2.45, 2.75) is 25.3 Å². The number of hydrogen-bond acceptors (Lipinski definition) is 7. The Labute approximate surface area is 158 Å². The Bertz CT molecular complexity index is 896. The molecule has 0 aromatic carbocycles. The minimum absolute atomic E-state index is 0.229. The van der Waals surface area contributed by atoms with Crippen molar-refractivity contribution in [1.82, 2.24) is 29.6 Å². The average Bonchev–Trinajstić information content (AvgIpc) is 3.10. The first-order valence-electron chi connectivity index (χ1n) is 9.45. The first kappa shape index (κ1) is 17.8. The Morgan fingerprint density at radius 1 is 1.22 bits per heavy atom. The summed E-state index contributed by atoms with van der Waals surface area (Å²) in [5, 5.41) is 18.3. The van der Waals surface area contributed by atoms with Crippen LogP contribution in [0.15, 0.2) is 30.7 Å². The summed E-state index contributed by atoms with van der Waals surface area (Å²) < 4.78 is 1.76. The highest BCUT2D eigenvalue weighted by Gasteiger charge is 2.21. The summed E-state index contributed by atoms with van der Waals surface area (Å²) in [5.74, 6) is 1.44. The third kappa shape index (κ3) is 3.77. The summed E-state index contributed by atoms with van der Waals surface area (Å²) in [6, 6.07) is 4.08. The Hall–Kier alpha value is -2.58. The topological polar surface area (TPSA) is 92.0 Å². The number of nitrogens with one attached hydrogen (secondary N) is 1. The van der Waals surface area contributed by atoms with Crippen LogP contribution in [0.1, 0.15) is 19.3 Å². The summed E-state index contributed by atoms with van der Waals surface area (Å²) in [5.41, 5.74) is 1.72. The van der Waals surface area contributed by atoms with E-state index in [4.69, 9.17) is 4.98 Å². The van der Waals surface area contributed by atoms with Crippen molar-refractivity contribution in [3.8, 4) is 11.4 Å². The number of hydrogen-bond donors (Lipinski definition) is 2. The lowest BCUT2D eigenvalue weighted by atomic mass is 10.0. The van der Waals surface area contributed by atoms with Gasteiger partial charge in [-0.3, -0.25) is 14.6 Å². The van der Waals surface area contributed by atoms with Gasteiger partial charge in [0.1, 0.15) is 5.82 Å². The molecule has 3 aromatic rings. The molecule has 0 radical (unpaired) electrons. The maximum atomic E-state index is 9.59. The number of piperidine rings is 1. The summed E-state index contributed by atoms with van der Waals surface area (Å²) in [7, 11) is 1.88. The molecule has 0 spiro atoms. The summed E-state index contributed by atoms with van der Waals surface area (Å²) in [4.78, 5) is 15.8. The first-order valence-corrected chi connectivity index (χ1v) is 9.45. The van der Waals surface area contributed by atoms with Gasteiger partial charge < -0.3 is 10.4 Å². The van der Waals surface area contributed by atoms with Crippen LogP contribution in [0, 0.1) is 0 Å². The van der Waals surface area contributed by atoms with Gasteiger partial charge in [0.05, 0.1) is 18.2 Å². The smallest absolute Gasteiger partial charge is 0.164 e. The number of rotatable bonds is 6. The third-order valence-electron chi connectivity index (χ3n) is 5.18. The molecule has 1 aliphatic rings. The molecule has 2 N–H and O–H groups in total. The van der Waals surface area contributed by atoms with Crippen LogP contribution in [0.3, 0.4) is 0 Å². The standard InChI is InChI=1S/C19H25N7O/c1-25-19-16(12-22-25)18(23-17(24-19)14-5-7-20-8-6-14)21-9-11-26-10-3-2-4-15(26)13-27/h5-8,12,15,27H,2-4,9-11,13H2,1H3,(H,21,23,24)/t15-/m0/s1. The van der Waals surface area contributed by atoms with Crippen molar-refractivity contribution in [3.05, 3.63) is 30.7 Å². The zero-order valence-electron chi connectivity index (χ0n) is 15.5. The zero-order valence-corrected chi connectivity index (χ0v) is 15.5. The number of pyridine rings is 1. The molecule has 1 aliphatic heterocycles. The lowest BCUT2D eigenvalue weighted by Gasteiger charge is -2.34. The molecule has 4 heterocycles. The van der Waals surface area contributed by atoms with Crippen molar-refractivity contribution >= 4 is 16.9 Å². The van der Waals surface area contributed by atoms with Crippen LogP contribution in [-0.4, -0.2) is 67.0 Å².